The van der Waals surface area contributed by atoms with E-state index in [1.54, 1.807) is 43.6 Å². The molecule has 2 rings (SSSR count). The van der Waals surface area contributed by atoms with Gasteiger partial charge in [0, 0.05) is 23.4 Å². The summed E-state index contributed by atoms with van der Waals surface area (Å²) in [5.74, 6) is -0.541. The molecule has 0 unspecified atom stereocenters. The van der Waals surface area contributed by atoms with Crippen LogP contribution in [-0.4, -0.2) is 22.8 Å². The van der Waals surface area contributed by atoms with Gasteiger partial charge in [-0.2, -0.15) is 0 Å². The van der Waals surface area contributed by atoms with Gasteiger partial charge in [-0.1, -0.05) is 18.2 Å². The molecule has 0 aliphatic heterocycles. The predicted molar refractivity (Wildman–Crippen MR) is 87.2 cm³/mol. The topological polar surface area (TPSA) is 71.1 Å². The molecule has 0 saturated heterocycles. The van der Waals surface area contributed by atoms with E-state index in [4.69, 9.17) is 0 Å². The Kier molecular flexibility index (Phi) is 5.66. The van der Waals surface area contributed by atoms with Crippen LogP contribution in [0.15, 0.2) is 53.3 Å². The lowest BCUT2D eigenvalue weighted by molar-refractivity contribution is -0.122. The van der Waals surface area contributed by atoms with Gasteiger partial charge >= 0.3 is 0 Å². The van der Waals surface area contributed by atoms with E-state index in [-0.39, 0.29) is 11.8 Å². The number of hydrogen-bond donors (Lipinski definition) is 2. The van der Waals surface area contributed by atoms with Crippen molar-refractivity contribution < 1.29 is 9.59 Å². The molecule has 0 aliphatic carbocycles. The second-order valence-corrected chi connectivity index (χ2v) is 5.61. The number of amides is 2. The van der Waals surface area contributed by atoms with Crippen molar-refractivity contribution in [2.24, 2.45) is 0 Å². The zero-order valence-electron chi connectivity index (χ0n) is 12.0. The third-order valence-electron chi connectivity index (χ3n) is 3.05. The molecule has 0 fully saturated rings. The van der Waals surface area contributed by atoms with E-state index >= 15 is 0 Å². The fourth-order valence-corrected chi connectivity index (χ4v) is 2.30. The van der Waals surface area contributed by atoms with Gasteiger partial charge in [0.15, 0.2) is 0 Å². The highest BCUT2D eigenvalue weighted by molar-refractivity contribution is 9.10. The highest BCUT2D eigenvalue weighted by Crippen LogP contribution is 2.15. The molecule has 2 aromatic rings. The summed E-state index contributed by atoms with van der Waals surface area (Å²) in [5.41, 5.74) is 1.40. The van der Waals surface area contributed by atoms with Crippen molar-refractivity contribution in [3.8, 4) is 0 Å². The van der Waals surface area contributed by atoms with Crippen LogP contribution in [0.2, 0.25) is 0 Å². The lowest BCUT2D eigenvalue weighted by Crippen LogP contribution is -2.44. The number of carbonyl (C=O) groups is 2. The molecular weight excluding hydrogens is 346 g/mol. The second kappa shape index (κ2) is 7.70. The Morgan fingerprint density at radius 3 is 2.68 bits per heavy atom. The minimum atomic E-state index is -0.628. The van der Waals surface area contributed by atoms with Gasteiger partial charge in [-0.25, -0.2) is 0 Å². The normalized spacial score (nSPS) is 11.5. The van der Waals surface area contributed by atoms with Crippen LogP contribution in [0.1, 0.15) is 22.8 Å². The van der Waals surface area contributed by atoms with Crippen LogP contribution in [0.5, 0.6) is 0 Å². The van der Waals surface area contributed by atoms with Crippen LogP contribution in [0.4, 0.5) is 0 Å². The maximum Gasteiger partial charge on any atom is 0.253 e. The van der Waals surface area contributed by atoms with Gasteiger partial charge in [0.05, 0.1) is 5.56 Å². The van der Waals surface area contributed by atoms with Gasteiger partial charge in [0.2, 0.25) is 5.91 Å². The number of halogens is 1. The van der Waals surface area contributed by atoms with Crippen molar-refractivity contribution in [1.82, 2.24) is 15.6 Å². The number of aromatic nitrogens is 1. The number of carbonyl (C=O) groups excluding carboxylic acids is 2. The summed E-state index contributed by atoms with van der Waals surface area (Å²) in [4.78, 5) is 28.1. The first-order valence-corrected chi connectivity index (χ1v) is 7.59. The van der Waals surface area contributed by atoms with E-state index in [1.165, 1.54) is 0 Å². The highest BCUT2D eigenvalue weighted by Gasteiger charge is 2.17. The molecule has 1 heterocycles. The average Bonchev–Trinajstić information content (AvgIpc) is 2.53. The van der Waals surface area contributed by atoms with Crippen molar-refractivity contribution in [2.75, 3.05) is 0 Å². The molecule has 114 valence electrons. The molecule has 22 heavy (non-hydrogen) atoms. The van der Waals surface area contributed by atoms with Gasteiger partial charge in [0.1, 0.15) is 6.04 Å². The molecular formula is C16H16BrN3O2. The van der Waals surface area contributed by atoms with E-state index in [0.29, 0.717) is 16.6 Å². The molecule has 1 aromatic carbocycles. The zero-order chi connectivity index (χ0) is 15.9. The quantitative estimate of drug-likeness (QED) is 0.857. The van der Waals surface area contributed by atoms with Gasteiger partial charge in [-0.15, -0.1) is 0 Å². The first-order chi connectivity index (χ1) is 10.6. The first-order valence-electron chi connectivity index (χ1n) is 6.80. The maximum atomic E-state index is 12.1. The Morgan fingerprint density at radius 2 is 2.00 bits per heavy atom. The summed E-state index contributed by atoms with van der Waals surface area (Å²) in [7, 11) is 0. The van der Waals surface area contributed by atoms with Crippen molar-refractivity contribution in [3.63, 3.8) is 0 Å². The third kappa shape index (κ3) is 4.39. The predicted octanol–water partition coefficient (Wildman–Crippen LogP) is 2.28. The van der Waals surface area contributed by atoms with Crippen molar-refractivity contribution in [2.45, 2.75) is 19.5 Å². The number of benzene rings is 1. The number of hydrogen-bond acceptors (Lipinski definition) is 3. The summed E-state index contributed by atoms with van der Waals surface area (Å²) in [5, 5.41) is 5.44. The lowest BCUT2D eigenvalue weighted by Gasteiger charge is -2.14. The van der Waals surface area contributed by atoms with Crippen LogP contribution in [0, 0.1) is 0 Å². The number of pyridine rings is 1. The summed E-state index contributed by atoms with van der Waals surface area (Å²) in [6, 6.07) is 10.1. The van der Waals surface area contributed by atoms with Gasteiger partial charge < -0.3 is 10.6 Å². The minimum absolute atomic E-state index is 0.246. The molecule has 1 atom stereocenters. The summed E-state index contributed by atoms with van der Waals surface area (Å²) >= 11 is 3.32. The second-order valence-electron chi connectivity index (χ2n) is 4.75. The summed E-state index contributed by atoms with van der Waals surface area (Å²) < 4.78 is 0.690. The largest absolute Gasteiger partial charge is 0.350 e. The van der Waals surface area contributed by atoms with Crippen molar-refractivity contribution >= 4 is 27.7 Å². The van der Waals surface area contributed by atoms with Gasteiger partial charge in [-0.05, 0) is 46.6 Å². The number of rotatable bonds is 5. The van der Waals surface area contributed by atoms with E-state index in [2.05, 4.69) is 31.5 Å². The molecule has 0 bridgehead atoms. The van der Waals surface area contributed by atoms with Gasteiger partial charge in [-0.3, -0.25) is 14.6 Å². The van der Waals surface area contributed by atoms with E-state index in [1.807, 2.05) is 12.1 Å². The Hall–Kier alpha value is -2.21. The monoisotopic (exact) mass is 361 g/mol. The van der Waals surface area contributed by atoms with E-state index in [9.17, 15) is 9.59 Å². The Morgan fingerprint density at radius 1 is 1.23 bits per heavy atom. The number of nitrogens with zero attached hydrogens (tertiary/aromatic N) is 1. The zero-order valence-corrected chi connectivity index (χ0v) is 13.6. The highest BCUT2D eigenvalue weighted by atomic mass is 79.9. The van der Waals surface area contributed by atoms with Crippen LogP contribution in [0.25, 0.3) is 0 Å². The van der Waals surface area contributed by atoms with Crippen LogP contribution >= 0.6 is 15.9 Å². The molecule has 0 spiro atoms. The summed E-state index contributed by atoms with van der Waals surface area (Å²) in [6.45, 7) is 2.02. The van der Waals surface area contributed by atoms with Crippen molar-refractivity contribution in [1.29, 1.82) is 0 Å². The standard InChI is InChI=1S/C16H16BrN3O2/c1-11(15(21)19-10-12-5-4-8-18-9-12)20-16(22)13-6-2-3-7-14(13)17/h2-9,11H,10H2,1H3,(H,19,21)(H,20,22)/t11-/m0/s1. The molecule has 2 amide bonds. The van der Waals surface area contributed by atoms with Crippen molar-refractivity contribution in [3.05, 3.63) is 64.4 Å². The third-order valence-corrected chi connectivity index (χ3v) is 3.74. The van der Waals surface area contributed by atoms with Gasteiger partial charge in [0.25, 0.3) is 5.91 Å². The van der Waals surface area contributed by atoms with E-state index < -0.39 is 6.04 Å². The molecule has 6 heteroatoms. The van der Waals surface area contributed by atoms with Crippen LogP contribution in [0.3, 0.4) is 0 Å². The first kappa shape index (κ1) is 16.2. The maximum absolute atomic E-state index is 12.1. The fourth-order valence-electron chi connectivity index (χ4n) is 1.83. The molecule has 0 saturated carbocycles. The Labute approximate surface area is 137 Å². The molecule has 5 nitrogen and oxygen atoms in total. The lowest BCUT2D eigenvalue weighted by atomic mass is 10.2. The smallest absolute Gasteiger partial charge is 0.253 e. The Balaban J connectivity index is 1.89. The minimum Gasteiger partial charge on any atom is -0.350 e. The molecule has 1 aromatic heterocycles. The average molecular weight is 362 g/mol. The molecule has 2 N–H and O–H groups in total. The van der Waals surface area contributed by atoms with E-state index in [0.717, 1.165) is 5.56 Å². The Bertz CT molecular complexity index is 661. The number of nitrogens with one attached hydrogen (secondary N) is 2. The van der Waals surface area contributed by atoms with Crippen LogP contribution in [-0.2, 0) is 11.3 Å². The summed E-state index contributed by atoms with van der Waals surface area (Å²) in [6.07, 6.45) is 3.36. The SMILES string of the molecule is C[C@H](NC(=O)c1ccccc1Br)C(=O)NCc1cccnc1. The molecule has 0 aliphatic rings. The molecule has 0 radical (unpaired) electrons. The fraction of sp³-hybridized carbons (Fsp3) is 0.188. The van der Waals surface area contributed by atoms with Crippen LogP contribution < -0.4 is 10.6 Å².